The fourth-order valence-electron chi connectivity index (χ4n) is 2.52. The predicted octanol–water partition coefficient (Wildman–Crippen LogP) is 3.45. The van der Waals surface area contributed by atoms with Crippen LogP contribution in [0.25, 0.3) is 0 Å². The Hall–Kier alpha value is -1.06. The molecule has 1 atom stereocenters. The SMILES string of the molecule is CCCN(CC(C)(C)CN)C(C)c1ccccc1OC. The van der Waals surface area contributed by atoms with Crippen LogP contribution in [0.4, 0.5) is 0 Å². The van der Waals surface area contributed by atoms with Crippen molar-refractivity contribution in [3.05, 3.63) is 29.8 Å². The molecule has 0 saturated heterocycles. The number of methoxy groups -OCH3 is 1. The summed E-state index contributed by atoms with van der Waals surface area (Å²) in [4.78, 5) is 2.50. The molecule has 1 rings (SSSR count). The van der Waals surface area contributed by atoms with E-state index in [2.05, 4.69) is 44.7 Å². The maximum atomic E-state index is 5.89. The zero-order valence-corrected chi connectivity index (χ0v) is 13.6. The Morgan fingerprint density at radius 2 is 1.95 bits per heavy atom. The highest BCUT2D eigenvalue weighted by Crippen LogP contribution is 2.31. The fourth-order valence-corrected chi connectivity index (χ4v) is 2.52. The van der Waals surface area contributed by atoms with E-state index < -0.39 is 0 Å². The van der Waals surface area contributed by atoms with Gasteiger partial charge in [-0.1, -0.05) is 39.0 Å². The fraction of sp³-hybridized carbons (Fsp3) is 0.647. The van der Waals surface area contributed by atoms with E-state index in [4.69, 9.17) is 10.5 Å². The highest BCUT2D eigenvalue weighted by Gasteiger charge is 2.25. The third-order valence-electron chi connectivity index (χ3n) is 3.83. The van der Waals surface area contributed by atoms with Gasteiger partial charge in [0.2, 0.25) is 0 Å². The van der Waals surface area contributed by atoms with E-state index in [-0.39, 0.29) is 5.41 Å². The highest BCUT2D eigenvalue weighted by molar-refractivity contribution is 5.35. The molecule has 1 aromatic rings. The van der Waals surface area contributed by atoms with Gasteiger partial charge in [-0.05, 0) is 37.9 Å². The van der Waals surface area contributed by atoms with Crippen LogP contribution in [0.2, 0.25) is 0 Å². The lowest BCUT2D eigenvalue weighted by atomic mass is 9.91. The summed E-state index contributed by atoms with van der Waals surface area (Å²) in [6, 6.07) is 8.61. The molecule has 1 unspecified atom stereocenters. The van der Waals surface area contributed by atoms with Crippen LogP contribution in [-0.2, 0) is 0 Å². The molecule has 0 heterocycles. The molecule has 114 valence electrons. The minimum atomic E-state index is 0.130. The summed E-state index contributed by atoms with van der Waals surface area (Å²) in [6.45, 7) is 11.7. The minimum absolute atomic E-state index is 0.130. The van der Waals surface area contributed by atoms with Gasteiger partial charge in [0.1, 0.15) is 5.75 Å². The van der Waals surface area contributed by atoms with Gasteiger partial charge in [-0.3, -0.25) is 4.90 Å². The Balaban J connectivity index is 2.96. The number of hydrogen-bond donors (Lipinski definition) is 1. The molecule has 2 N–H and O–H groups in total. The molecule has 0 amide bonds. The zero-order valence-electron chi connectivity index (χ0n) is 13.6. The van der Waals surface area contributed by atoms with E-state index >= 15 is 0 Å². The first kappa shape index (κ1) is 17.0. The maximum Gasteiger partial charge on any atom is 0.123 e. The lowest BCUT2D eigenvalue weighted by Gasteiger charge is -2.36. The first-order valence-corrected chi connectivity index (χ1v) is 7.52. The first-order valence-electron chi connectivity index (χ1n) is 7.52. The van der Waals surface area contributed by atoms with Crippen molar-refractivity contribution in [1.29, 1.82) is 0 Å². The molecule has 0 saturated carbocycles. The number of benzene rings is 1. The Morgan fingerprint density at radius 3 is 2.50 bits per heavy atom. The van der Waals surface area contributed by atoms with E-state index in [1.807, 2.05) is 12.1 Å². The van der Waals surface area contributed by atoms with Gasteiger partial charge in [-0.2, -0.15) is 0 Å². The molecular formula is C17H30N2O. The Bertz CT molecular complexity index is 404. The van der Waals surface area contributed by atoms with Crippen molar-refractivity contribution in [2.24, 2.45) is 11.1 Å². The van der Waals surface area contributed by atoms with Gasteiger partial charge in [-0.15, -0.1) is 0 Å². The van der Waals surface area contributed by atoms with Crippen LogP contribution in [-0.4, -0.2) is 31.6 Å². The average molecular weight is 278 g/mol. The summed E-state index contributed by atoms with van der Waals surface area (Å²) in [6.07, 6.45) is 1.14. The predicted molar refractivity (Wildman–Crippen MR) is 86.1 cm³/mol. The Morgan fingerprint density at radius 1 is 1.30 bits per heavy atom. The van der Waals surface area contributed by atoms with E-state index in [1.165, 1.54) is 5.56 Å². The molecule has 3 nitrogen and oxygen atoms in total. The van der Waals surface area contributed by atoms with E-state index in [9.17, 15) is 0 Å². The van der Waals surface area contributed by atoms with Crippen LogP contribution < -0.4 is 10.5 Å². The molecule has 0 aromatic heterocycles. The Kier molecular flexibility index (Phi) is 6.50. The zero-order chi connectivity index (χ0) is 15.2. The van der Waals surface area contributed by atoms with Gasteiger partial charge in [0.25, 0.3) is 0 Å². The van der Waals surface area contributed by atoms with Gasteiger partial charge in [0, 0.05) is 18.2 Å². The second-order valence-electron chi connectivity index (χ2n) is 6.26. The monoisotopic (exact) mass is 278 g/mol. The molecule has 0 bridgehead atoms. The molecule has 20 heavy (non-hydrogen) atoms. The molecule has 1 aromatic carbocycles. The van der Waals surface area contributed by atoms with Crippen molar-refractivity contribution in [2.45, 2.75) is 40.2 Å². The molecule has 0 aliphatic heterocycles. The van der Waals surface area contributed by atoms with Gasteiger partial charge in [0.15, 0.2) is 0 Å². The average Bonchev–Trinajstić information content (AvgIpc) is 2.46. The van der Waals surface area contributed by atoms with Crippen molar-refractivity contribution < 1.29 is 4.74 Å². The van der Waals surface area contributed by atoms with Crippen molar-refractivity contribution in [3.63, 3.8) is 0 Å². The summed E-state index contributed by atoms with van der Waals surface area (Å²) in [5, 5.41) is 0. The quantitative estimate of drug-likeness (QED) is 0.791. The lowest BCUT2D eigenvalue weighted by molar-refractivity contribution is 0.139. The van der Waals surface area contributed by atoms with Crippen molar-refractivity contribution in [3.8, 4) is 5.75 Å². The standard InChI is InChI=1S/C17H30N2O/c1-6-11-19(13-17(3,4)12-18)14(2)15-9-7-8-10-16(15)20-5/h7-10,14H,6,11-13,18H2,1-5H3. The number of nitrogens with two attached hydrogens (primary N) is 1. The number of para-hydroxylation sites is 1. The third-order valence-corrected chi connectivity index (χ3v) is 3.83. The summed E-state index contributed by atoms with van der Waals surface area (Å²) < 4.78 is 5.50. The second kappa shape index (κ2) is 7.65. The van der Waals surface area contributed by atoms with E-state index in [1.54, 1.807) is 7.11 Å². The van der Waals surface area contributed by atoms with Crippen LogP contribution in [0, 0.1) is 5.41 Å². The molecule has 0 aliphatic carbocycles. The Labute approximate surface area is 124 Å². The van der Waals surface area contributed by atoms with Gasteiger partial charge in [0.05, 0.1) is 7.11 Å². The molecule has 3 heteroatoms. The molecule has 0 radical (unpaired) electrons. The minimum Gasteiger partial charge on any atom is -0.496 e. The molecule has 0 fully saturated rings. The maximum absolute atomic E-state index is 5.89. The van der Waals surface area contributed by atoms with Gasteiger partial charge < -0.3 is 10.5 Å². The number of rotatable bonds is 8. The first-order chi connectivity index (χ1) is 9.45. The number of hydrogen-bond acceptors (Lipinski definition) is 3. The van der Waals surface area contributed by atoms with Gasteiger partial charge in [-0.25, -0.2) is 0 Å². The van der Waals surface area contributed by atoms with Crippen LogP contribution in [0.3, 0.4) is 0 Å². The summed E-state index contributed by atoms with van der Waals surface area (Å²) >= 11 is 0. The van der Waals surface area contributed by atoms with Crippen molar-refractivity contribution >= 4 is 0 Å². The smallest absolute Gasteiger partial charge is 0.123 e. The second-order valence-corrected chi connectivity index (χ2v) is 6.26. The summed E-state index contributed by atoms with van der Waals surface area (Å²) in [5.41, 5.74) is 7.27. The van der Waals surface area contributed by atoms with Crippen LogP contribution in [0.1, 0.15) is 45.7 Å². The molecule has 0 aliphatic rings. The van der Waals surface area contributed by atoms with Crippen LogP contribution in [0.15, 0.2) is 24.3 Å². The lowest BCUT2D eigenvalue weighted by Crippen LogP contribution is -2.40. The summed E-state index contributed by atoms with van der Waals surface area (Å²) in [7, 11) is 1.74. The third kappa shape index (κ3) is 4.50. The molecule has 0 spiro atoms. The van der Waals surface area contributed by atoms with Crippen molar-refractivity contribution in [1.82, 2.24) is 4.90 Å². The number of nitrogens with zero attached hydrogens (tertiary/aromatic N) is 1. The largest absolute Gasteiger partial charge is 0.496 e. The molecular weight excluding hydrogens is 248 g/mol. The normalized spacial score (nSPS) is 13.6. The summed E-state index contributed by atoms with van der Waals surface area (Å²) in [5.74, 6) is 0.964. The topological polar surface area (TPSA) is 38.5 Å². The number of ether oxygens (including phenoxy) is 1. The van der Waals surface area contributed by atoms with E-state index in [0.717, 1.165) is 25.3 Å². The van der Waals surface area contributed by atoms with Crippen molar-refractivity contribution in [2.75, 3.05) is 26.7 Å². The van der Waals surface area contributed by atoms with Crippen LogP contribution in [0.5, 0.6) is 5.75 Å². The highest BCUT2D eigenvalue weighted by atomic mass is 16.5. The van der Waals surface area contributed by atoms with Crippen LogP contribution >= 0.6 is 0 Å². The van der Waals surface area contributed by atoms with Gasteiger partial charge >= 0.3 is 0 Å². The van der Waals surface area contributed by atoms with E-state index in [0.29, 0.717) is 12.6 Å².